The van der Waals surface area contributed by atoms with Crippen molar-refractivity contribution in [2.75, 3.05) is 6.54 Å². The van der Waals surface area contributed by atoms with E-state index in [1.165, 1.54) is 16.5 Å². The molecule has 2 atom stereocenters. The number of amides is 1. The van der Waals surface area contributed by atoms with Crippen LogP contribution in [0.15, 0.2) is 42.7 Å². The monoisotopic (exact) mass is 528 g/mol. The number of aromatic nitrogens is 5. The summed E-state index contributed by atoms with van der Waals surface area (Å²) in [5, 5.41) is 5.01. The molecule has 200 valence electrons. The number of halogens is 1. The predicted molar refractivity (Wildman–Crippen MR) is 143 cm³/mol. The molecular formula is C29H29FN6O3. The van der Waals surface area contributed by atoms with Gasteiger partial charge < -0.3 is 4.90 Å². The van der Waals surface area contributed by atoms with Crippen LogP contribution in [0, 0.1) is 20.8 Å². The van der Waals surface area contributed by atoms with Crippen LogP contribution in [-0.4, -0.2) is 65.9 Å². The molecule has 0 saturated carbocycles. The predicted octanol–water partition coefficient (Wildman–Crippen LogP) is 3.77. The van der Waals surface area contributed by atoms with Crippen LogP contribution in [0.4, 0.5) is 4.39 Å². The van der Waals surface area contributed by atoms with E-state index in [0.29, 0.717) is 22.4 Å². The van der Waals surface area contributed by atoms with Crippen molar-refractivity contribution in [1.82, 2.24) is 29.6 Å². The Bertz CT molecular complexity index is 1600. The summed E-state index contributed by atoms with van der Waals surface area (Å²) >= 11 is 0. The summed E-state index contributed by atoms with van der Waals surface area (Å²) in [6.07, 6.45) is 2.09. The minimum atomic E-state index is -1.29. The zero-order valence-corrected chi connectivity index (χ0v) is 22.3. The SMILES string of the molecule is CC(=O)c1nn(CC(=O)N2C[C@H](F)C[C@H]2C(=O)Cc2ccc(C)c(C)n2)c2ccc(-c3cnc(C)nc3)cc12. The van der Waals surface area contributed by atoms with Gasteiger partial charge in [-0.3, -0.25) is 24.0 Å². The molecule has 10 heteroatoms. The van der Waals surface area contributed by atoms with Crippen LogP contribution in [-0.2, 0) is 22.6 Å². The van der Waals surface area contributed by atoms with Crippen LogP contribution < -0.4 is 0 Å². The third-order valence-electron chi connectivity index (χ3n) is 7.19. The average Bonchev–Trinajstić information content (AvgIpc) is 3.47. The summed E-state index contributed by atoms with van der Waals surface area (Å²) < 4.78 is 15.9. The van der Waals surface area contributed by atoms with Crippen molar-refractivity contribution in [2.24, 2.45) is 0 Å². The number of benzene rings is 1. The first-order valence-electron chi connectivity index (χ1n) is 12.8. The normalized spacial score (nSPS) is 17.1. The molecule has 9 nitrogen and oxygen atoms in total. The zero-order chi connectivity index (χ0) is 27.8. The highest BCUT2D eigenvalue weighted by Gasteiger charge is 2.39. The number of carbonyl (C=O) groups is 3. The second-order valence-electron chi connectivity index (χ2n) is 10.1. The first-order valence-corrected chi connectivity index (χ1v) is 12.8. The molecule has 1 aromatic carbocycles. The number of alkyl halides is 1. The molecule has 0 radical (unpaired) electrons. The Kier molecular flexibility index (Phi) is 7.03. The van der Waals surface area contributed by atoms with E-state index >= 15 is 0 Å². The van der Waals surface area contributed by atoms with Crippen molar-refractivity contribution in [1.29, 1.82) is 0 Å². The highest BCUT2D eigenvalue weighted by Crippen LogP contribution is 2.28. The first kappa shape index (κ1) is 26.3. The number of rotatable bonds is 7. The van der Waals surface area contributed by atoms with Gasteiger partial charge in [0.15, 0.2) is 11.6 Å². The number of pyridine rings is 1. The fourth-order valence-electron chi connectivity index (χ4n) is 4.94. The molecular weight excluding hydrogens is 499 g/mol. The van der Waals surface area contributed by atoms with E-state index in [4.69, 9.17) is 0 Å². The number of hydrogen-bond donors (Lipinski definition) is 0. The Morgan fingerprint density at radius 3 is 2.46 bits per heavy atom. The molecule has 1 saturated heterocycles. The van der Waals surface area contributed by atoms with Crippen molar-refractivity contribution in [3.63, 3.8) is 0 Å². The summed E-state index contributed by atoms with van der Waals surface area (Å²) in [6.45, 7) is 6.63. The topological polar surface area (TPSA) is 111 Å². The van der Waals surface area contributed by atoms with E-state index in [1.54, 1.807) is 31.5 Å². The molecule has 0 N–H and O–H groups in total. The number of likely N-dealkylation sites (tertiary alicyclic amines) is 1. The van der Waals surface area contributed by atoms with E-state index in [-0.39, 0.29) is 43.2 Å². The van der Waals surface area contributed by atoms with Gasteiger partial charge in [-0.2, -0.15) is 5.10 Å². The second-order valence-corrected chi connectivity index (χ2v) is 10.1. The highest BCUT2D eigenvalue weighted by atomic mass is 19.1. The third kappa shape index (κ3) is 5.32. The molecule has 5 rings (SSSR count). The van der Waals surface area contributed by atoms with E-state index in [2.05, 4.69) is 20.1 Å². The summed E-state index contributed by atoms with van der Waals surface area (Å²) in [4.78, 5) is 53.2. The van der Waals surface area contributed by atoms with E-state index in [1.807, 2.05) is 32.0 Å². The molecule has 0 unspecified atom stereocenters. The van der Waals surface area contributed by atoms with E-state index in [0.717, 1.165) is 22.4 Å². The maximum Gasteiger partial charge on any atom is 0.245 e. The summed E-state index contributed by atoms with van der Waals surface area (Å²) in [6, 6.07) is 8.26. The van der Waals surface area contributed by atoms with Gasteiger partial charge in [0.1, 0.15) is 24.2 Å². The quantitative estimate of drug-likeness (QED) is 0.336. The van der Waals surface area contributed by atoms with E-state index in [9.17, 15) is 18.8 Å². The Morgan fingerprint density at radius 1 is 1.03 bits per heavy atom. The Morgan fingerprint density at radius 2 is 1.77 bits per heavy atom. The molecule has 1 fully saturated rings. The Labute approximate surface area is 225 Å². The van der Waals surface area contributed by atoms with Gasteiger partial charge in [0.2, 0.25) is 5.91 Å². The molecule has 0 aliphatic carbocycles. The van der Waals surface area contributed by atoms with E-state index < -0.39 is 18.1 Å². The van der Waals surface area contributed by atoms with Crippen molar-refractivity contribution in [2.45, 2.75) is 59.3 Å². The van der Waals surface area contributed by atoms with Gasteiger partial charge >= 0.3 is 0 Å². The first-order chi connectivity index (χ1) is 18.6. The smallest absolute Gasteiger partial charge is 0.245 e. The number of ketones is 2. The molecule has 0 bridgehead atoms. The van der Waals surface area contributed by atoms with Gasteiger partial charge in [-0.15, -0.1) is 0 Å². The maximum absolute atomic E-state index is 14.5. The van der Waals surface area contributed by atoms with Gasteiger partial charge in [-0.05, 0) is 50.1 Å². The fourth-order valence-corrected chi connectivity index (χ4v) is 4.94. The number of nitrogens with zero attached hydrogens (tertiary/aromatic N) is 6. The van der Waals surface area contributed by atoms with Crippen molar-refractivity contribution < 1.29 is 18.8 Å². The molecule has 3 aromatic heterocycles. The van der Waals surface area contributed by atoms with Crippen molar-refractivity contribution in [3.8, 4) is 11.1 Å². The second kappa shape index (κ2) is 10.4. The van der Waals surface area contributed by atoms with Crippen LogP contribution in [0.1, 0.15) is 46.6 Å². The molecule has 4 heterocycles. The van der Waals surface area contributed by atoms with Crippen LogP contribution in [0.25, 0.3) is 22.0 Å². The Balaban J connectivity index is 1.40. The lowest BCUT2D eigenvalue weighted by atomic mass is 10.0. The largest absolute Gasteiger partial charge is 0.328 e. The van der Waals surface area contributed by atoms with Crippen LogP contribution in [0.5, 0.6) is 0 Å². The molecule has 0 spiro atoms. The molecule has 1 aliphatic heterocycles. The minimum Gasteiger partial charge on any atom is -0.328 e. The van der Waals surface area contributed by atoms with Gasteiger partial charge in [-0.25, -0.2) is 14.4 Å². The maximum atomic E-state index is 14.5. The van der Waals surface area contributed by atoms with Crippen LogP contribution >= 0.6 is 0 Å². The zero-order valence-electron chi connectivity index (χ0n) is 22.3. The minimum absolute atomic E-state index is 0.0208. The van der Waals surface area contributed by atoms with Crippen molar-refractivity contribution >= 4 is 28.4 Å². The lowest BCUT2D eigenvalue weighted by Gasteiger charge is -2.23. The molecule has 4 aromatic rings. The van der Waals surface area contributed by atoms with Gasteiger partial charge in [0.25, 0.3) is 0 Å². The van der Waals surface area contributed by atoms with Crippen LogP contribution in [0.2, 0.25) is 0 Å². The summed E-state index contributed by atoms with van der Waals surface area (Å²) in [5.41, 5.74) is 4.84. The van der Waals surface area contributed by atoms with Crippen molar-refractivity contribution in [3.05, 3.63) is 71.2 Å². The number of aryl methyl sites for hydroxylation is 3. The number of hydrogen-bond acceptors (Lipinski definition) is 7. The summed E-state index contributed by atoms with van der Waals surface area (Å²) in [5.74, 6) is -0.284. The lowest BCUT2D eigenvalue weighted by Crippen LogP contribution is -2.43. The Hall–Kier alpha value is -4.34. The number of carbonyl (C=O) groups excluding carboxylic acids is 3. The standard InChI is InChI=1S/C29H29FN6O3/c1-16-5-7-23(33-17(16)2)11-27(38)26-10-22(30)14-35(26)28(39)15-36-25-8-6-20(21-12-31-19(4)32-13-21)9-24(25)29(34-36)18(3)37/h5-9,12-13,22,26H,10-11,14-15H2,1-4H3/t22-,26+/m1/s1. The van der Waals surface area contributed by atoms with Gasteiger partial charge in [-0.1, -0.05) is 12.1 Å². The van der Waals surface area contributed by atoms with Gasteiger partial charge in [0, 0.05) is 48.1 Å². The van der Waals surface area contributed by atoms with Gasteiger partial charge in [0.05, 0.1) is 24.5 Å². The fraction of sp³-hybridized carbons (Fsp3) is 0.345. The number of Topliss-reactive ketones (excluding diaryl/α,β-unsaturated/α-hetero) is 2. The average molecular weight is 529 g/mol. The molecule has 39 heavy (non-hydrogen) atoms. The number of fused-ring (bicyclic) bond motifs is 1. The lowest BCUT2D eigenvalue weighted by molar-refractivity contribution is -0.138. The molecule has 1 aliphatic rings. The molecule has 1 amide bonds. The summed E-state index contributed by atoms with van der Waals surface area (Å²) in [7, 11) is 0. The van der Waals surface area contributed by atoms with Crippen LogP contribution in [0.3, 0.4) is 0 Å². The highest BCUT2D eigenvalue weighted by molar-refractivity contribution is 6.06. The third-order valence-corrected chi connectivity index (χ3v) is 7.19.